The van der Waals surface area contributed by atoms with Gasteiger partial charge in [0.15, 0.2) is 5.96 Å². The Balaban J connectivity index is 1.92. The van der Waals surface area contributed by atoms with Crippen LogP contribution in [0.2, 0.25) is 5.15 Å². The van der Waals surface area contributed by atoms with Gasteiger partial charge < -0.3 is 10.6 Å². The molecule has 0 aliphatic carbocycles. The first-order valence-electron chi connectivity index (χ1n) is 5.34. The molecule has 0 spiro atoms. The van der Waals surface area contributed by atoms with Crippen molar-refractivity contribution in [3.8, 4) is 0 Å². The molecule has 1 aromatic rings. The average Bonchev–Trinajstić information content (AvgIpc) is 2.59. The van der Waals surface area contributed by atoms with Gasteiger partial charge in [0, 0.05) is 18.8 Å². The van der Waals surface area contributed by atoms with Gasteiger partial charge in [-0.15, -0.1) is 0 Å². The van der Waals surface area contributed by atoms with Crippen molar-refractivity contribution in [1.82, 2.24) is 9.88 Å². The molecule has 86 valence electrons. The van der Waals surface area contributed by atoms with Crippen molar-refractivity contribution >= 4 is 17.6 Å². The Morgan fingerprint density at radius 2 is 2.38 bits per heavy atom. The summed E-state index contributed by atoms with van der Waals surface area (Å²) in [5.74, 6) is 0.648. The number of nitrogens with zero attached hydrogens (tertiary/aromatic N) is 3. The molecule has 0 saturated carbocycles. The summed E-state index contributed by atoms with van der Waals surface area (Å²) in [5, 5.41) is 0.527. The van der Waals surface area contributed by atoms with E-state index in [9.17, 15) is 0 Å². The minimum atomic E-state index is 0.403. The van der Waals surface area contributed by atoms with E-state index in [1.165, 1.54) is 0 Å². The normalized spacial score (nSPS) is 20.0. The summed E-state index contributed by atoms with van der Waals surface area (Å²) in [7, 11) is 0. The number of hydrogen-bond acceptors (Lipinski definition) is 4. The summed E-state index contributed by atoms with van der Waals surface area (Å²) in [6, 6.07) is 4.20. The zero-order chi connectivity index (χ0) is 11.5. The second kappa shape index (κ2) is 4.70. The van der Waals surface area contributed by atoms with E-state index in [0.717, 1.165) is 25.1 Å². The quantitative estimate of drug-likeness (QED) is 0.808. The SMILES string of the molecule is C[C@H]1CN=C(N)N1CCc1ccc(Cl)nc1. The zero-order valence-corrected chi connectivity index (χ0v) is 9.98. The third kappa shape index (κ3) is 2.44. The lowest BCUT2D eigenvalue weighted by molar-refractivity contribution is 0.364. The summed E-state index contributed by atoms with van der Waals surface area (Å²) >= 11 is 5.72. The summed E-state index contributed by atoms with van der Waals surface area (Å²) in [6.45, 7) is 3.80. The van der Waals surface area contributed by atoms with E-state index in [-0.39, 0.29) is 0 Å². The molecule has 1 aromatic heterocycles. The molecular formula is C11H15ClN4. The lowest BCUT2D eigenvalue weighted by Gasteiger charge is -2.23. The third-order valence-corrected chi connectivity index (χ3v) is 3.00. The van der Waals surface area contributed by atoms with E-state index < -0.39 is 0 Å². The van der Waals surface area contributed by atoms with Gasteiger partial charge in [-0.25, -0.2) is 4.98 Å². The summed E-state index contributed by atoms with van der Waals surface area (Å²) < 4.78 is 0. The first kappa shape index (κ1) is 11.2. The third-order valence-electron chi connectivity index (χ3n) is 2.77. The van der Waals surface area contributed by atoms with Gasteiger partial charge in [-0.3, -0.25) is 4.99 Å². The molecule has 0 unspecified atom stereocenters. The fraction of sp³-hybridized carbons (Fsp3) is 0.455. The number of nitrogens with two attached hydrogens (primary N) is 1. The average molecular weight is 239 g/mol. The summed E-state index contributed by atoms with van der Waals surface area (Å²) in [6.07, 6.45) is 2.71. The van der Waals surface area contributed by atoms with Crippen LogP contribution in [0.25, 0.3) is 0 Å². The number of rotatable bonds is 3. The zero-order valence-electron chi connectivity index (χ0n) is 9.23. The van der Waals surface area contributed by atoms with Gasteiger partial charge in [0.05, 0.1) is 6.54 Å². The fourth-order valence-corrected chi connectivity index (χ4v) is 1.89. The Bertz CT molecular complexity index is 387. The molecule has 1 atom stereocenters. The number of hydrogen-bond donors (Lipinski definition) is 1. The maximum Gasteiger partial charge on any atom is 0.191 e. The largest absolute Gasteiger partial charge is 0.370 e. The first-order valence-corrected chi connectivity index (χ1v) is 5.71. The summed E-state index contributed by atoms with van der Waals surface area (Å²) in [5.41, 5.74) is 6.96. The number of aromatic nitrogens is 1. The van der Waals surface area contributed by atoms with Crippen molar-refractivity contribution in [2.45, 2.75) is 19.4 Å². The minimum Gasteiger partial charge on any atom is -0.370 e. The number of guanidine groups is 1. The molecule has 0 fully saturated rings. The van der Waals surface area contributed by atoms with E-state index in [0.29, 0.717) is 17.2 Å². The molecule has 0 bridgehead atoms. The highest BCUT2D eigenvalue weighted by Crippen LogP contribution is 2.10. The molecule has 2 heterocycles. The number of halogens is 1. The molecule has 4 nitrogen and oxygen atoms in total. The predicted molar refractivity (Wildman–Crippen MR) is 65.6 cm³/mol. The Morgan fingerprint density at radius 1 is 1.56 bits per heavy atom. The van der Waals surface area contributed by atoms with E-state index in [1.54, 1.807) is 6.20 Å². The molecule has 0 saturated heterocycles. The molecule has 2 N–H and O–H groups in total. The monoisotopic (exact) mass is 238 g/mol. The van der Waals surface area contributed by atoms with E-state index >= 15 is 0 Å². The highest BCUT2D eigenvalue weighted by atomic mass is 35.5. The molecule has 0 aromatic carbocycles. The van der Waals surface area contributed by atoms with Crippen molar-refractivity contribution in [2.75, 3.05) is 13.1 Å². The van der Waals surface area contributed by atoms with Gasteiger partial charge in [-0.1, -0.05) is 17.7 Å². The predicted octanol–water partition coefficient (Wildman–Crippen LogP) is 1.30. The van der Waals surface area contributed by atoms with Crippen LogP contribution in [-0.2, 0) is 6.42 Å². The summed E-state index contributed by atoms with van der Waals surface area (Å²) in [4.78, 5) is 10.4. The maximum absolute atomic E-state index is 5.80. The second-order valence-electron chi connectivity index (χ2n) is 3.98. The Labute approximate surface area is 100 Å². The molecule has 16 heavy (non-hydrogen) atoms. The fourth-order valence-electron chi connectivity index (χ4n) is 1.78. The van der Waals surface area contributed by atoms with Gasteiger partial charge in [0.25, 0.3) is 0 Å². The van der Waals surface area contributed by atoms with Crippen molar-refractivity contribution in [3.05, 3.63) is 29.0 Å². The lowest BCUT2D eigenvalue weighted by Crippen LogP contribution is -2.40. The van der Waals surface area contributed by atoms with Crippen LogP contribution in [0, 0.1) is 0 Å². The van der Waals surface area contributed by atoms with E-state index in [4.69, 9.17) is 17.3 Å². The van der Waals surface area contributed by atoms with Gasteiger partial charge in [-0.2, -0.15) is 0 Å². The Morgan fingerprint density at radius 3 is 2.94 bits per heavy atom. The van der Waals surface area contributed by atoms with Gasteiger partial charge in [0.2, 0.25) is 0 Å². The minimum absolute atomic E-state index is 0.403. The molecule has 1 aliphatic rings. The molecular weight excluding hydrogens is 224 g/mol. The number of aliphatic imine (C=N–C) groups is 1. The van der Waals surface area contributed by atoms with Crippen LogP contribution in [0.4, 0.5) is 0 Å². The molecule has 0 radical (unpaired) electrons. The lowest BCUT2D eigenvalue weighted by atomic mass is 10.2. The van der Waals surface area contributed by atoms with Crippen molar-refractivity contribution in [3.63, 3.8) is 0 Å². The topological polar surface area (TPSA) is 54.5 Å². The Hall–Kier alpha value is -1.29. The maximum atomic E-state index is 5.80. The molecule has 1 aliphatic heterocycles. The van der Waals surface area contributed by atoms with Crippen molar-refractivity contribution < 1.29 is 0 Å². The van der Waals surface area contributed by atoms with Crippen LogP contribution in [0.5, 0.6) is 0 Å². The molecule has 0 amide bonds. The highest BCUT2D eigenvalue weighted by molar-refractivity contribution is 6.29. The van der Waals surface area contributed by atoms with Gasteiger partial charge in [-0.05, 0) is 25.0 Å². The Kier molecular flexibility index (Phi) is 3.29. The van der Waals surface area contributed by atoms with Crippen molar-refractivity contribution in [2.24, 2.45) is 10.7 Å². The second-order valence-corrected chi connectivity index (χ2v) is 4.37. The smallest absolute Gasteiger partial charge is 0.191 e. The number of pyridine rings is 1. The van der Waals surface area contributed by atoms with E-state index in [1.807, 2.05) is 12.1 Å². The molecule has 2 rings (SSSR count). The van der Waals surface area contributed by atoms with Crippen LogP contribution < -0.4 is 5.73 Å². The first-order chi connectivity index (χ1) is 7.66. The van der Waals surface area contributed by atoms with Gasteiger partial charge >= 0.3 is 0 Å². The van der Waals surface area contributed by atoms with Crippen LogP contribution in [0.1, 0.15) is 12.5 Å². The van der Waals surface area contributed by atoms with E-state index in [2.05, 4.69) is 21.8 Å². The van der Waals surface area contributed by atoms with Crippen LogP contribution >= 0.6 is 11.6 Å². The van der Waals surface area contributed by atoms with Crippen LogP contribution in [-0.4, -0.2) is 35.0 Å². The standard InChI is InChI=1S/C11H15ClN4/c1-8-6-15-11(13)16(8)5-4-9-2-3-10(12)14-7-9/h2-3,7-8H,4-6H2,1H3,(H2,13,15)/t8-/m0/s1. The highest BCUT2D eigenvalue weighted by Gasteiger charge is 2.20. The van der Waals surface area contributed by atoms with Gasteiger partial charge in [0.1, 0.15) is 5.15 Å². The van der Waals surface area contributed by atoms with Crippen LogP contribution in [0.15, 0.2) is 23.3 Å². The van der Waals surface area contributed by atoms with Crippen molar-refractivity contribution in [1.29, 1.82) is 0 Å². The van der Waals surface area contributed by atoms with Crippen LogP contribution in [0.3, 0.4) is 0 Å². The molecule has 5 heteroatoms.